The fourth-order valence-electron chi connectivity index (χ4n) is 3.60. The first-order valence-electron chi connectivity index (χ1n) is 10.5. The van der Waals surface area contributed by atoms with Gasteiger partial charge in [-0.1, -0.05) is 90.9 Å². The lowest BCUT2D eigenvalue weighted by Crippen LogP contribution is -2.19. The lowest BCUT2D eigenvalue weighted by Gasteiger charge is -2.21. The number of hydrogen-bond donors (Lipinski definition) is 0. The van der Waals surface area contributed by atoms with E-state index in [2.05, 4.69) is 13.8 Å². The Labute approximate surface area is 151 Å². The third-order valence-electron chi connectivity index (χ3n) is 5.16. The maximum Gasteiger partial charge on any atom is 0.133 e. The Bertz CT molecular complexity index is 322. The van der Waals surface area contributed by atoms with Gasteiger partial charge in [0.25, 0.3) is 0 Å². The molecule has 2 nitrogen and oxygen atoms in total. The molecule has 0 spiro atoms. The SMILES string of the molecule is CCCCCCCCC(CCCCCC)CC(CC(C)=O)C(C)=O. The molecule has 0 fully saturated rings. The maximum absolute atomic E-state index is 11.9. The van der Waals surface area contributed by atoms with Crippen molar-refractivity contribution in [3.8, 4) is 0 Å². The van der Waals surface area contributed by atoms with Crippen LogP contribution in [0, 0.1) is 11.8 Å². The summed E-state index contributed by atoms with van der Waals surface area (Å²) in [7, 11) is 0. The zero-order chi connectivity index (χ0) is 18.2. The number of unbranched alkanes of at least 4 members (excludes halogenated alkanes) is 8. The predicted molar refractivity (Wildman–Crippen MR) is 104 cm³/mol. The summed E-state index contributed by atoms with van der Waals surface area (Å²) in [4.78, 5) is 23.3. The second-order valence-corrected chi connectivity index (χ2v) is 7.72. The Hall–Kier alpha value is -0.660. The Balaban J connectivity index is 4.32. The third kappa shape index (κ3) is 13.7. The van der Waals surface area contributed by atoms with Crippen molar-refractivity contribution in [3.05, 3.63) is 0 Å². The third-order valence-corrected chi connectivity index (χ3v) is 5.16. The average Bonchev–Trinajstić information content (AvgIpc) is 2.53. The summed E-state index contributed by atoms with van der Waals surface area (Å²) in [5, 5.41) is 0. The second kappa shape index (κ2) is 15.8. The van der Waals surface area contributed by atoms with Gasteiger partial charge in [0.05, 0.1) is 0 Å². The van der Waals surface area contributed by atoms with E-state index >= 15 is 0 Å². The highest BCUT2D eigenvalue weighted by Gasteiger charge is 2.21. The van der Waals surface area contributed by atoms with Crippen LogP contribution in [0.5, 0.6) is 0 Å². The lowest BCUT2D eigenvalue weighted by molar-refractivity contribution is -0.126. The molecule has 0 aliphatic heterocycles. The summed E-state index contributed by atoms with van der Waals surface area (Å²) >= 11 is 0. The fourth-order valence-corrected chi connectivity index (χ4v) is 3.60. The standard InChI is InChI=1S/C22H42O2/c1-5-7-9-11-12-14-16-21(15-13-10-8-6-2)18-22(20(4)24)17-19(3)23/h21-22H,5-18H2,1-4H3. The van der Waals surface area contributed by atoms with Crippen molar-refractivity contribution in [2.45, 2.75) is 118 Å². The number of carbonyl (C=O) groups is 2. The molecule has 0 rings (SSSR count). The zero-order valence-electron chi connectivity index (χ0n) is 16.9. The van der Waals surface area contributed by atoms with Gasteiger partial charge >= 0.3 is 0 Å². The molecular formula is C22H42O2. The molecule has 0 aliphatic rings. The van der Waals surface area contributed by atoms with Gasteiger partial charge < -0.3 is 4.79 Å². The van der Waals surface area contributed by atoms with E-state index in [1.54, 1.807) is 13.8 Å². The molecule has 0 aromatic rings. The Morgan fingerprint density at radius 1 is 0.708 bits per heavy atom. The molecule has 0 aromatic carbocycles. The van der Waals surface area contributed by atoms with E-state index in [1.165, 1.54) is 77.0 Å². The van der Waals surface area contributed by atoms with Crippen molar-refractivity contribution in [2.24, 2.45) is 11.8 Å². The fraction of sp³-hybridized carbons (Fsp3) is 0.909. The van der Waals surface area contributed by atoms with Crippen LogP contribution in [0.1, 0.15) is 118 Å². The highest BCUT2D eigenvalue weighted by atomic mass is 16.1. The molecule has 0 aromatic heterocycles. The number of Topliss-reactive ketones (excluding diaryl/α,β-unsaturated/α-hetero) is 2. The van der Waals surface area contributed by atoms with Crippen LogP contribution >= 0.6 is 0 Å². The van der Waals surface area contributed by atoms with Crippen molar-refractivity contribution in [2.75, 3.05) is 0 Å². The van der Waals surface area contributed by atoms with Gasteiger partial charge in [-0.25, -0.2) is 0 Å². The topological polar surface area (TPSA) is 34.1 Å². The van der Waals surface area contributed by atoms with Crippen LogP contribution in [0.3, 0.4) is 0 Å². The Morgan fingerprint density at radius 2 is 1.17 bits per heavy atom. The summed E-state index contributed by atoms with van der Waals surface area (Å²) in [5.74, 6) is 0.936. The van der Waals surface area contributed by atoms with E-state index in [0.717, 1.165) is 6.42 Å². The molecule has 0 N–H and O–H groups in total. The van der Waals surface area contributed by atoms with E-state index in [9.17, 15) is 9.59 Å². The van der Waals surface area contributed by atoms with E-state index in [0.29, 0.717) is 12.3 Å². The van der Waals surface area contributed by atoms with Crippen LogP contribution < -0.4 is 0 Å². The highest BCUT2D eigenvalue weighted by molar-refractivity contribution is 5.85. The van der Waals surface area contributed by atoms with Gasteiger partial charge in [0, 0.05) is 12.3 Å². The maximum atomic E-state index is 11.9. The molecule has 2 heteroatoms. The molecule has 0 bridgehead atoms. The van der Waals surface area contributed by atoms with E-state index in [4.69, 9.17) is 0 Å². The molecule has 0 aliphatic carbocycles. The minimum Gasteiger partial charge on any atom is -0.300 e. The quantitative estimate of drug-likeness (QED) is 0.270. The van der Waals surface area contributed by atoms with E-state index in [-0.39, 0.29) is 17.5 Å². The predicted octanol–water partition coefficient (Wildman–Crippen LogP) is 6.90. The summed E-state index contributed by atoms with van der Waals surface area (Å²) < 4.78 is 0. The Kier molecular flexibility index (Phi) is 15.4. The van der Waals surface area contributed by atoms with E-state index < -0.39 is 0 Å². The first-order chi connectivity index (χ1) is 11.5. The normalized spacial score (nSPS) is 13.7. The first-order valence-corrected chi connectivity index (χ1v) is 10.5. The molecule has 0 amide bonds. The van der Waals surface area contributed by atoms with Crippen molar-refractivity contribution < 1.29 is 9.59 Å². The van der Waals surface area contributed by atoms with E-state index in [1.807, 2.05) is 0 Å². The highest BCUT2D eigenvalue weighted by Crippen LogP contribution is 2.27. The minimum absolute atomic E-state index is 0.0428. The van der Waals surface area contributed by atoms with Crippen molar-refractivity contribution in [3.63, 3.8) is 0 Å². The van der Waals surface area contributed by atoms with Gasteiger partial charge in [0.1, 0.15) is 11.6 Å². The van der Waals surface area contributed by atoms with Crippen molar-refractivity contribution in [1.82, 2.24) is 0 Å². The van der Waals surface area contributed by atoms with Gasteiger partial charge in [0.15, 0.2) is 0 Å². The van der Waals surface area contributed by atoms with Gasteiger partial charge in [0.2, 0.25) is 0 Å². The molecule has 142 valence electrons. The largest absolute Gasteiger partial charge is 0.300 e. The van der Waals surface area contributed by atoms with Crippen molar-refractivity contribution in [1.29, 1.82) is 0 Å². The summed E-state index contributed by atoms with van der Waals surface area (Å²) in [6, 6.07) is 0. The van der Waals surface area contributed by atoms with Gasteiger partial charge in [-0.2, -0.15) is 0 Å². The van der Waals surface area contributed by atoms with Crippen LogP contribution in [0.4, 0.5) is 0 Å². The van der Waals surface area contributed by atoms with Gasteiger partial charge in [-0.05, 0) is 26.2 Å². The van der Waals surface area contributed by atoms with Gasteiger partial charge in [-0.15, -0.1) is 0 Å². The summed E-state index contributed by atoms with van der Waals surface area (Å²) in [5.41, 5.74) is 0. The number of hydrogen-bond acceptors (Lipinski definition) is 2. The van der Waals surface area contributed by atoms with Crippen LogP contribution in [-0.4, -0.2) is 11.6 Å². The molecular weight excluding hydrogens is 296 g/mol. The summed E-state index contributed by atoms with van der Waals surface area (Å²) in [6.07, 6.45) is 17.0. The molecule has 2 atom stereocenters. The van der Waals surface area contributed by atoms with Crippen LogP contribution in [0.25, 0.3) is 0 Å². The molecule has 0 heterocycles. The number of ketones is 2. The summed E-state index contributed by atoms with van der Waals surface area (Å²) in [6.45, 7) is 7.77. The second-order valence-electron chi connectivity index (χ2n) is 7.72. The minimum atomic E-state index is -0.0428. The number of carbonyl (C=O) groups excluding carboxylic acids is 2. The van der Waals surface area contributed by atoms with Crippen LogP contribution in [0.2, 0.25) is 0 Å². The first kappa shape index (κ1) is 23.3. The zero-order valence-corrected chi connectivity index (χ0v) is 16.9. The van der Waals surface area contributed by atoms with Crippen LogP contribution in [0.15, 0.2) is 0 Å². The smallest absolute Gasteiger partial charge is 0.133 e. The lowest BCUT2D eigenvalue weighted by atomic mass is 9.83. The van der Waals surface area contributed by atoms with Crippen LogP contribution in [-0.2, 0) is 9.59 Å². The Morgan fingerprint density at radius 3 is 1.62 bits per heavy atom. The van der Waals surface area contributed by atoms with Crippen molar-refractivity contribution >= 4 is 11.6 Å². The average molecular weight is 339 g/mol. The number of rotatable bonds is 17. The molecule has 0 saturated carbocycles. The molecule has 24 heavy (non-hydrogen) atoms. The molecule has 0 saturated heterocycles. The van der Waals surface area contributed by atoms with Gasteiger partial charge in [-0.3, -0.25) is 4.79 Å². The molecule has 2 unspecified atom stereocenters. The molecule has 0 radical (unpaired) electrons. The monoisotopic (exact) mass is 338 g/mol.